The molecule has 21 heavy (non-hydrogen) atoms. The van der Waals surface area contributed by atoms with Gasteiger partial charge in [0.15, 0.2) is 0 Å². The first-order valence-corrected chi connectivity index (χ1v) is 7.53. The lowest BCUT2D eigenvalue weighted by atomic mass is 9.99. The lowest BCUT2D eigenvalue weighted by Crippen LogP contribution is -2.22. The summed E-state index contributed by atoms with van der Waals surface area (Å²) in [5.41, 5.74) is 2.26. The topological polar surface area (TPSA) is 51.5 Å². The zero-order chi connectivity index (χ0) is 15.4. The van der Waals surface area contributed by atoms with Crippen LogP contribution in [0.25, 0.3) is 0 Å². The van der Waals surface area contributed by atoms with Crippen LogP contribution in [0.3, 0.4) is 0 Å². The van der Waals surface area contributed by atoms with E-state index in [0.717, 1.165) is 22.1 Å². The summed E-state index contributed by atoms with van der Waals surface area (Å²) >= 11 is 3.50. The summed E-state index contributed by atoms with van der Waals surface area (Å²) in [6.45, 7) is 4.87. The maximum atomic E-state index is 11.5. The third-order valence-corrected chi connectivity index (χ3v) is 3.75. The van der Waals surface area contributed by atoms with Crippen LogP contribution in [0.4, 0.5) is 0 Å². The van der Waals surface area contributed by atoms with E-state index in [1.807, 2.05) is 19.1 Å². The molecule has 5 heteroatoms. The third-order valence-electron chi connectivity index (χ3n) is 3.26. The van der Waals surface area contributed by atoms with Gasteiger partial charge in [-0.3, -0.25) is 0 Å². The van der Waals surface area contributed by atoms with Gasteiger partial charge in [0.05, 0.1) is 13.2 Å². The Morgan fingerprint density at radius 3 is 2.81 bits per heavy atom. The van der Waals surface area contributed by atoms with Crippen LogP contribution in [0, 0.1) is 6.92 Å². The molecule has 0 saturated heterocycles. The molecule has 1 N–H and O–H groups in total. The van der Waals surface area contributed by atoms with Gasteiger partial charge in [-0.25, -0.2) is 4.79 Å². The van der Waals surface area contributed by atoms with Crippen molar-refractivity contribution in [2.75, 3.05) is 13.7 Å². The van der Waals surface area contributed by atoms with Crippen molar-refractivity contribution in [2.45, 2.75) is 19.9 Å². The summed E-state index contributed by atoms with van der Waals surface area (Å²) < 4.78 is 11.3. The number of rotatable bonds is 5. The molecule has 0 bridgehead atoms. The molecular formula is C16H18BrNO3. The zero-order valence-electron chi connectivity index (χ0n) is 12.3. The van der Waals surface area contributed by atoms with Crippen molar-refractivity contribution in [3.05, 3.63) is 57.5 Å². The van der Waals surface area contributed by atoms with Gasteiger partial charge in [-0.05, 0) is 48.9 Å². The smallest absolute Gasteiger partial charge is 0.373 e. The number of carbonyl (C=O) groups is 1. The normalized spacial score (nSPS) is 12.2. The van der Waals surface area contributed by atoms with Gasteiger partial charge in [-0.2, -0.15) is 0 Å². The molecule has 1 heterocycles. The summed E-state index contributed by atoms with van der Waals surface area (Å²) in [6, 6.07) is 9.45. The second kappa shape index (κ2) is 6.91. The van der Waals surface area contributed by atoms with Crippen molar-refractivity contribution in [3.63, 3.8) is 0 Å². The average Bonchev–Trinajstić information content (AvgIpc) is 2.96. The number of furan rings is 1. The molecule has 0 aliphatic heterocycles. The molecule has 1 unspecified atom stereocenters. The number of methoxy groups -OCH3 is 1. The van der Waals surface area contributed by atoms with Crippen molar-refractivity contribution in [2.24, 2.45) is 0 Å². The number of benzene rings is 1. The van der Waals surface area contributed by atoms with Crippen LogP contribution >= 0.6 is 15.9 Å². The van der Waals surface area contributed by atoms with Gasteiger partial charge >= 0.3 is 5.97 Å². The van der Waals surface area contributed by atoms with Crippen molar-refractivity contribution < 1.29 is 13.9 Å². The fourth-order valence-electron chi connectivity index (χ4n) is 2.21. The highest BCUT2D eigenvalue weighted by atomic mass is 79.9. The van der Waals surface area contributed by atoms with E-state index < -0.39 is 5.97 Å². The predicted octanol–water partition coefficient (Wildman–Crippen LogP) is 3.84. The van der Waals surface area contributed by atoms with Crippen LogP contribution in [-0.2, 0) is 4.74 Å². The molecule has 0 radical (unpaired) electrons. The first kappa shape index (κ1) is 15.8. The molecule has 4 nitrogen and oxygen atoms in total. The molecule has 112 valence electrons. The Bertz CT molecular complexity index is 636. The van der Waals surface area contributed by atoms with Crippen LogP contribution in [0.2, 0.25) is 0 Å². The summed E-state index contributed by atoms with van der Waals surface area (Å²) in [5, 5.41) is 3.39. The molecule has 0 saturated carbocycles. The van der Waals surface area contributed by atoms with E-state index in [4.69, 9.17) is 4.42 Å². The predicted molar refractivity (Wildman–Crippen MR) is 84.4 cm³/mol. The van der Waals surface area contributed by atoms with E-state index in [1.54, 1.807) is 12.1 Å². The second-order valence-corrected chi connectivity index (χ2v) is 5.60. The van der Waals surface area contributed by atoms with Crippen molar-refractivity contribution in [3.8, 4) is 0 Å². The van der Waals surface area contributed by atoms with Crippen molar-refractivity contribution in [1.82, 2.24) is 5.32 Å². The molecule has 2 aromatic rings. The highest BCUT2D eigenvalue weighted by molar-refractivity contribution is 9.10. The first-order chi connectivity index (χ1) is 10.1. The Morgan fingerprint density at radius 2 is 2.14 bits per heavy atom. The number of aryl methyl sites for hydroxylation is 1. The van der Waals surface area contributed by atoms with Crippen LogP contribution in [0.5, 0.6) is 0 Å². The molecule has 1 atom stereocenters. The van der Waals surface area contributed by atoms with Gasteiger partial charge in [0.2, 0.25) is 5.76 Å². The number of nitrogens with one attached hydrogen (secondary N) is 1. The Morgan fingerprint density at radius 1 is 1.38 bits per heavy atom. The third kappa shape index (κ3) is 3.54. The molecule has 0 fully saturated rings. The van der Waals surface area contributed by atoms with Gasteiger partial charge in [0, 0.05) is 4.47 Å². The minimum atomic E-state index is -0.470. The summed E-state index contributed by atoms with van der Waals surface area (Å²) in [5.74, 6) is 0.434. The molecule has 0 aliphatic rings. The average molecular weight is 352 g/mol. The van der Waals surface area contributed by atoms with Crippen molar-refractivity contribution >= 4 is 21.9 Å². The number of hydrogen-bond donors (Lipinski definition) is 1. The summed E-state index contributed by atoms with van der Waals surface area (Å²) in [4.78, 5) is 11.5. The minimum absolute atomic E-state index is 0.106. The Balaban J connectivity index is 2.41. The SMILES string of the molecule is CCNC(c1ccc(C(=O)OC)o1)c1cc(Br)ccc1C. The molecule has 0 spiro atoms. The maximum Gasteiger partial charge on any atom is 0.373 e. The number of hydrogen-bond acceptors (Lipinski definition) is 4. The fourth-order valence-corrected chi connectivity index (χ4v) is 2.59. The fraction of sp³-hybridized carbons (Fsp3) is 0.312. The molecule has 2 rings (SSSR count). The van der Waals surface area contributed by atoms with Crippen LogP contribution in [0.15, 0.2) is 39.2 Å². The van der Waals surface area contributed by atoms with Gasteiger partial charge in [-0.1, -0.05) is 28.9 Å². The largest absolute Gasteiger partial charge is 0.463 e. The minimum Gasteiger partial charge on any atom is -0.463 e. The molecule has 0 amide bonds. The summed E-state index contributed by atoms with van der Waals surface area (Å²) in [7, 11) is 1.34. The Hall–Kier alpha value is -1.59. The Labute approximate surface area is 132 Å². The zero-order valence-corrected chi connectivity index (χ0v) is 13.9. The van der Waals surface area contributed by atoms with Crippen LogP contribution < -0.4 is 5.32 Å². The van der Waals surface area contributed by atoms with Gasteiger partial charge in [-0.15, -0.1) is 0 Å². The highest BCUT2D eigenvalue weighted by Gasteiger charge is 2.21. The van der Waals surface area contributed by atoms with E-state index in [-0.39, 0.29) is 11.8 Å². The van der Waals surface area contributed by atoms with E-state index in [9.17, 15) is 4.79 Å². The molecule has 1 aromatic heterocycles. The van der Waals surface area contributed by atoms with Gasteiger partial charge in [0.1, 0.15) is 5.76 Å². The van der Waals surface area contributed by atoms with E-state index in [1.165, 1.54) is 7.11 Å². The summed E-state index contributed by atoms with van der Waals surface area (Å²) in [6.07, 6.45) is 0. The van der Waals surface area contributed by atoms with E-state index in [2.05, 4.69) is 39.0 Å². The monoisotopic (exact) mass is 351 g/mol. The standard InChI is InChI=1S/C16H18BrNO3/c1-4-18-15(12-9-11(17)6-5-10(12)2)13-7-8-14(21-13)16(19)20-3/h5-9,15,18H,4H2,1-3H3. The molecule has 0 aliphatic carbocycles. The molecular weight excluding hydrogens is 334 g/mol. The number of carbonyl (C=O) groups excluding carboxylic acids is 1. The number of halogens is 1. The lowest BCUT2D eigenvalue weighted by Gasteiger charge is -2.18. The quantitative estimate of drug-likeness (QED) is 0.831. The Kier molecular flexibility index (Phi) is 5.20. The first-order valence-electron chi connectivity index (χ1n) is 6.74. The van der Waals surface area contributed by atoms with Crippen LogP contribution in [0.1, 0.15) is 40.4 Å². The van der Waals surface area contributed by atoms with Crippen LogP contribution in [-0.4, -0.2) is 19.6 Å². The molecule has 1 aromatic carbocycles. The number of esters is 1. The lowest BCUT2D eigenvalue weighted by molar-refractivity contribution is 0.0562. The highest BCUT2D eigenvalue weighted by Crippen LogP contribution is 2.29. The van der Waals surface area contributed by atoms with E-state index >= 15 is 0 Å². The maximum absolute atomic E-state index is 11.5. The number of ether oxygens (including phenoxy) is 1. The second-order valence-electron chi connectivity index (χ2n) is 4.69. The van der Waals surface area contributed by atoms with Crippen molar-refractivity contribution in [1.29, 1.82) is 0 Å². The van der Waals surface area contributed by atoms with Gasteiger partial charge in [0.25, 0.3) is 0 Å². The van der Waals surface area contributed by atoms with E-state index in [0.29, 0.717) is 5.76 Å². The van der Waals surface area contributed by atoms with Gasteiger partial charge < -0.3 is 14.5 Å².